The Hall–Kier alpha value is -1.16. The predicted molar refractivity (Wildman–Crippen MR) is 100 cm³/mol. The molecule has 0 unspecified atom stereocenters. The van der Waals surface area contributed by atoms with Crippen molar-refractivity contribution in [1.29, 1.82) is 0 Å². The van der Waals surface area contributed by atoms with Gasteiger partial charge in [-0.3, -0.25) is 4.90 Å². The van der Waals surface area contributed by atoms with E-state index in [-0.39, 0.29) is 0 Å². The molecule has 2 heterocycles. The van der Waals surface area contributed by atoms with E-state index in [1.54, 1.807) is 0 Å². The van der Waals surface area contributed by atoms with Crippen LogP contribution in [-0.4, -0.2) is 62.3 Å². The zero-order chi connectivity index (χ0) is 16.8. The summed E-state index contributed by atoms with van der Waals surface area (Å²) in [5.41, 5.74) is 3.33. The highest BCUT2D eigenvalue weighted by Crippen LogP contribution is 2.41. The van der Waals surface area contributed by atoms with Gasteiger partial charge >= 0.3 is 0 Å². The number of ether oxygens (including phenoxy) is 1. The van der Waals surface area contributed by atoms with Crippen LogP contribution in [0.15, 0.2) is 36.4 Å². The third-order valence-electron chi connectivity index (χ3n) is 5.40. The molecule has 2 aliphatic heterocycles. The fourth-order valence-corrected chi connectivity index (χ4v) is 3.98. The lowest BCUT2D eigenvalue weighted by Crippen LogP contribution is -2.56. The molecule has 0 N–H and O–H groups in total. The quantitative estimate of drug-likeness (QED) is 0.792. The van der Waals surface area contributed by atoms with Crippen LogP contribution in [0.25, 0.3) is 0 Å². The highest BCUT2D eigenvalue weighted by Gasteiger charge is 2.42. The minimum Gasteiger partial charge on any atom is -0.379 e. The number of morpholine rings is 1. The minimum atomic E-state index is 0.658. The van der Waals surface area contributed by atoms with Crippen molar-refractivity contribution in [3.05, 3.63) is 47.5 Å². The number of likely N-dealkylation sites (tertiary alicyclic amines) is 1. The maximum atomic E-state index is 5.36. The first-order valence-electron chi connectivity index (χ1n) is 9.36. The van der Waals surface area contributed by atoms with Crippen molar-refractivity contribution in [3.63, 3.8) is 0 Å². The Morgan fingerprint density at radius 2 is 1.50 bits per heavy atom. The van der Waals surface area contributed by atoms with Gasteiger partial charge in [-0.15, -0.1) is 0 Å². The van der Waals surface area contributed by atoms with E-state index in [9.17, 15) is 0 Å². The normalized spacial score (nSPS) is 22.9. The van der Waals surface area contributed by atoms with Gasteiger partial charge < -0.3 is 9.64 Å². The zero-order valence-electron chi connectivity index (χ0n) is 15.3. The Bertz CT molecular complexity index is 515. The van der Waals surface area contributed by atoms with Crippen LogP contribution >= 0.6 is 0 Å². The van der Waals surface area contributed by atoms with E-state index in [1.165, 1.54) is 50.1 Å². The molecule has 2 fully saturated rings. The van der Waals surface area contributed by atoms with Crippen molar-refractivity contribution in [1.82, 2.24) is 9.80 Å². The van der Waals surface area contributed by atoms with Gasteiger partial charge in [0.1, 0.15) is 0 Å². The van der Waals surface area contributed by atoms with Crippen LogP contribution < -0.4 is 0 Å². The van der Waals surface area contributed by atoms with Crippen molar-refractivity contribution < 1.29 is 4.74 Å². The average Bonchev–Trinajstić information content (AvgIpc) is 3.03. The van der Waals surface area contributed by atoms with Crippen LogP contribution in [0.4, 0.5) is 0 Å². The van der Waals surface area contributed by atoms with Gasteiger partial charge in [0.2, 0.25) is 0 Å². The van der Waals surface area contributed by atoms with Crippen molar-refractivity contribution >= 4 is 0 Å². The first-order chi connectivity index (χ1) is 11.7. The second-order valence-corrected chi connectivity index (χ2v) is 7.70. The van der Waals surface area contributed by atoms with Crippen molar-refractivity contribution in [2.24, 2.45) is 5.41 Å². The van der Waals surface area contributed by atoms with Gasteiger partial charge in [0.15, 0.2) is 0 Å². The molecule has 3 heteroatoms. The first-order valence-corrected chi connectivity index (χ1v) is 9.36. The zero-order valence-corrected chi connectivity index (χ0v) is 15.3. The molecule has 4 rings (SSSR count). The van der Waals surface area contributed by atoms with E-state index >= 15 is 0 Å². The molecule has 0 saturated carbocycles. The fraction of sp³-hybridized carbons (Fsp3) is 0.619. The smallest absolute Gasteiger partial charge is 0.0594 e. The Morgan fingerprint density at radius 3 is 2.04 bits per heavy atom. The largest absolute Gasteiger partial charge is 0.379 e. The van der Waals surface area contributed by atoms with E-state index in [0.717, 1.165) is 26.3 Å². The Balaban J connectivity index is 0.000000179. The minimum absolute atomic E-state index is 0.658. The summed E-state index contributed by atoms with van der Waals surface area (Å²) in [5.74, 6) is 0. The lowest BCUT2D eigenvalue weighted by atomic mass is 9.77. The summed E-state index contributed by atoms with van der Waals surface area (Å²) in [6.07, 6.45) is 7.36. The third-order valence-corrected chi connectivity index (χ3v) is 5.40. The Kier molecular flexibility index (Phi) is 6.09. The summed E-state index contributed by atoms with van der Waals surface area (Å²) >= 11 is 0. The molecular formula is C21H32N2O. The Labute approximate surface area is 147 Å². The maximum Gasteiger partial charge on any atom is 0.0594 e. The standard InChI is InChI=1S/C13H22N2O.C8H10/c1-2-4-13(3-1)11-15(12-13)6-5-14-7-9-16-10-8-14;1-7-4-3-5-8(2)6-7/h1-2H,3-12H2;3-6H,1-2H3. The van der Waals surface area contributed by atoms with Crippen LogP contribution in [0.1, 0.15) is 24.0 Å². The molecular weight excluding hydrogens is 296 g/mol. The topological polar surface area (TPSA) is 15.7 Å². The SMILES string of the molecule is C1=CCC2(C1)CN(CCN1CCOCC1)C2.Cc1cccc(C)c1. The molecule has 0 aromatic heterocycles. The number of rotatable bonds is 3. The van der Waals surface area contributed by atoms with Gasteiger partial charge in [-0.25, -0.2) is 0 Å². The molecule has 0 radical (unpaired) electrons. The summed E-state index contributed by atoms with van der Waals surface area (Å²) in [6, 6.07) is 8.45. The van der Waals surface area contributed by atoms with E-state index in [4.69, 9.17) is 4.74 Å². The molecule has 24 heavy (non-hydrogen) atoms. The molecule has 0 bridgehead atoms. The van der Waals surface area contributed by atoms with Crippen molar-refractivity contribution in [2.75, 3.05) is 52.5 Å². The fourth-order valence-electron chi connectivity index (χ4n) is 3.98. The molecule has 1 aliphatic carbocycles. The van der Waals surface area contributed by atoms with Gasteiger partial charge in [-0.05, 0) is 26.7 Å². The van der Waals surface area contributed by atoms with Crippen molar-refractivity contribution in [3.8, 4) is 0 Å². The van der Waals surface area contributed by atoms with Crippen LogP contribution in [0, 0.1) is 19.3 Å². The van der Waals surface area contributed by atoms with Crippen LogP contribution in [0.5, 0.6) is 0 Å². The van der Waals surface area contributed by atoms with E-state index in [2.05, 4.69) is 60.1 Å². The van der Waals surface area contributed by atoms with Crippen molar-refractivity contribution in [2.45, 2.75) is 26.7 Å². The number of hydrogen-bond acceptors (Lipinski definition) is 3. The van der Waals surface area contributed by atoms with Crippen LogP contribution in [0.3, 0.4) is 0 Å². The third kappa shape index (κ3) is 4.92. The van der Waals surface area contributed by atoms with E-state index in [1.807, 2.05) is 0 Å². The molecule has 0 atom stereocenters. The monoisotopic (exact) mass is 328 g/mol. The number of nitrogens with zero attached hydrogens (tertiary/aromatic N) is 2. The summed E-state index contributed by atoms with van der Waals surface area (Å²) in [4.78, 5) is 5.14. The molecule has 0 amide bonds. The summed E-state index contributed by atoms with van der Waals surface area (Å²) in [5, 5.41) is 0. The molecule has 3 nitrogen and oxygen atoms in total. The summed E-state index contributed by atoms with van der Waals surface area (Å²) < 4.78 is 5.36. The molecule has 1 aromatic carbocycles. The second-order valence-electron chi connectivity index (χ2n) is 7.70. The molecule has 1 aromatic rings. The van der Waals surface area contributed by atoms with Gasteiger partial charge in [0.05, 0.1) is 13.2 Å². The number of aryl methyl sites for hydroxylation is 2. The highest BCUT2D eigenvalue weighted by atomic mass is 16.5. The second kappa shape index (κ2) is 8.28. The molecule has 132 valence electrons. The van der Waals surface area contributed by atoms with Crippen LogP contribution in [0.2, 0.25) is 0 Å². The molecule has 2 saturated heterocycles. The maximum absolute atomic E-state index is 5.36. The molecule has 1 spiro atoms. The lowest BCUT2D eigenvalue weighted by molar-refractivity contribution is -0.00969. The van der Waals surface area contributed by atoms with Gasteiger partial charge in [-0.1, -0.05) is 47.5 Å². The highest BCUT2D eigenvalue weighted by molar-refractivity contribution is 5.20. The molecule has 3 aliphatic rings. The van der Waals surface area contributed by atoms with Gasteiger partial charge in [-0.2, -0.15) is 0 Å². The number of allylic oxidation sites excluding steroid dienone is 2. The lowest BCUT2D eigenvalue weighted by Gasteiger charge is -2.49. The first kappa shape index (κ1) is 17.7. The van der Waals surface area contributed by atoms with E-state index < -0.39 is 0 Å². The van der Waals surface area contributed by atoms with Crippen LogP contribution in [-0.2, 0) is 4.74 Å². The van der Waals surface area contributed by atoms with Gasteiger partial charge in [0, 0.05) is 44.7 Å². The number of hydrogen-bond donors (Lipinski definition) is 0. The number of benzene rings is 1. The average molecular weight is 328 g/mol. The Morgan fingerprint density at radius 1 is 0.917 bits per heavy atom. The summed E-state index contributed by atoms with van der Waals surface area (Å²) in [7, 11) is 0. The summed E-state index contributed by atoms with van der Waals surface area (Å²) in [6.45, 7) is 13.4. The van der Waals surface area contributed by atoms with E-state index in [0.29, 0.717) is 5.41 Å². The van der Waals surface area contributed by atoms with Gasteiger partial charge in [0.25, 0.3) is 0 Å². The predicted octanol–water partition coefficient (Wildman–Crippen LogP) is 3.27.